The highest BCUT2D eigenvalue weighted by atomic mass is 19.3. The number of aromatic nitrogens is 3. The molecule has 2 aromatic rings. The Kier molecular flexibility index (Phi) is 4.97. The average molecular weight is 364 g/mol. The van der Waals surface area contributed by atoms with Gasteiger partial charge in [0.2, 0.25) is 5.88 Å². The predicted molar refractivity (Wildman–Crippen MR) is 88.5 cm³/mol. The molecule has 0 aromatic carbocycles. The van der Waals surface area contributed by atoms with E-state index in [1.54, 1.807) is 24.2 Å². The third-order valence-electron chi connectivity index (χ3n) is 3.70. The Balaban J connectivity index is 1.59. The van der Waals surface area contributed by atoms with E-state index in [9.17, 15) is 13.6 Å². The van der Waals surface area contributed by atoms with Crippen molar-refractivity contribution in [3.8, 4) is 11.6 Å². The van der Waals surface area contributed by atoms with E-state index in [-0.39, 0.29) is 11.8 Å². The van der Waals surface area contributed by atoms with Crippen molar-refractivity contribution in [2.24, 2.45) is 0 Å². The third-order valence-corrected chi connectivity index (χ3v) is 3.70. The summed E-state index contributed by atoms with van der Waals surface area (Å²) in [7, 11) is 0. The summed E-state index contributed by atoms with van der Waals surface area (Å²) in [6, 6.07) is 2.95. The van der Waals surface area contributed by atoms with Crippen LogP contribution in [0.4, 0.5) is 14.5 Å². The van der Waals surface area contributed by atoms with Crippen LogP contribution in [0.3, 0.4) is 0 Å². The number of ether oxygens (including phenoxy) is 2. The van der Waals surface area contributed by atoms with Crippen molar-refractivity contribution in [3.05, 3.63) is 36.5 Å². The summed E-state index contributed by atoms with van der Waals surface area (Å²) in [5, 5.41) is 0. The maximum Gasteiger partial charge on any atom is 0.278 e. The van der Waals surface area contributed by atoms with E-state index in [0.29, 0.717) is 30.2 Å². The van der Waals surface area contributed by atoms with Gasteiger partial charge >= 0.3 is 0 Å². The van der Waals surface area contributed by atoms with Gasteiger partial charge in [-0.25, -0.2) is 23.7 Å². The number of pyridine rings is 1. The number of anilines is 1. The van der Waals surface area contributed by atoms with Gasteiger partial charge in [0.1, 0.15) is 11.6 Å². The Morgan fingerprint density at radius 1 is 1.23 bits per heavy atom. The number of hydrogen-bond donors (Lipinski definition) is 0. The van der Waals surface area contributed by atoms with Crippen molar-refractivity contribution >= 4 is 11.6 Å². The number of carbonyl (C=O) groups excluding carboxylic acids is 1. The summed E-state index contributed by atoms with van der Waals surface area (Å²) in [4.78, 5) is 26.1. The number of hydrogen-bond acceptors (Lipinski definition) is 6. The molecule has 1 fully saturated rings. The first-order chi connectivity index (χ1) is 12.3. The lowest BCUT2D eigenvalue weighted by atomic mass is 10.3. The summed E-state index contributed by atoms with van der Waals surface area (Å²) < 4.78 is 36.1. The molecule has 138 valence electrons. The minimum Gasteiger partial charge on any atom is -0.479 e. The topological polar surface area (TPSA) is 77.4 Å². The van der Waals surface area contributed by atoms with Crippen LogP contribution < -0.4 is 14.4 Å². The van der Waals surface area contributed by atoms with E-state index in [1.165, 1.54) is 18.3 Å². The van der Waals surface area contributed by atoms with E-state index < -0.39 is 18.6 Å². The fourth-order valence-electron chi connectivity index (χ4n) is 2.43. The quantitative estimate of drug-likeness (QED) is 0.783. The maximum absolute atomic E-state index is 12.8. The van der Waals surface area contributed by atoms with Crippen molar-refractivity contribution in [3.63, 3.8) is 0 Å². The van der Waals surface area contributed by atoms with Gasteiger partial charge in [0.05, 0.1) is 24.3 Å². The number of aryl methyl sites for hydroxylation is 1. The second-order valence-corrected chi connectivity index (χ2v) is 6.06. The standard InChI is InChI=1S/C17H18F2N4O3/c1-11-20-7-12(8-21-11)23-6-5-14(16(23)24)26-13-3-4-15(22-9-13)25-10-17(2,18)19/h3-4,7-9,14H,5-6,10H2,1-2H3. The zero-order valence-electron chi connectivity index (χ0n) is 14.4. The number of halogens is 2. The lowest BCUT2D eigenvalue weighted by Gasteiger charge is -2.16. The molecule has 1 aliphatic heterocycles. The summed E-state index contributed by atoms with van der Waals surface area (Å²) in [5.74, 6) is -2.07. The van der Waals surface area contributed by atoms with E-state index in [4.69, 9.17) is 9.47 Å². The van der Waals surface area contributed by atoms with Gasteiger partial charge < -0.3 is 14.4 Å². The monoisotopic (exact) mass is 364 g/mol. The van der Waals surface area contributed by atoms with Crippen molar-refractivity contribution < 1.29 is 23.0 Å². The Bertz CT molecular complexity index is 763. The molecule has 1 atom stereocenters. The smallest absolute Gasteiger partial charge is 0.278 e. The Morgan fingerprint density at radius 3 is 2.58 bits per heavy atom. The zero-order valence-corrected chi connectivity index (χ0v) is 14.4. The highest BCUT2D eigenvalue weighted by Gasteiger charge is 2.34. The number of amides is 1. The van der Waals surface area contributed by atoms with E-state index in [2.05, 4.69) is 15.0 Å². The van der Waals surface area contributed by atoms with Crippen LogP contribution in [-0.4, -0.2) is 46.0 Å². The summed E-state index contributed by atoms with van der Waals surface area (Å²) in [5.41, 5.74) is 0.620. The normalized spacial score (nSPS) is 17.5. The average Bonchev–Trinajstić information content (AvgIpc) is 2.95. The van der Waals surface area contributed by atoms with Gasteiger partial charge in [-0.1, -0.05) is 0 Å². The highest BCUT2D eigenvalue weighted by Crippen LogP contribution is 2.24. The van der Waals surface area contributed by atoms with Crippen LogP contribution in [0.5, 0.6) is 11.6 Å². The Hall–Kier alpha value is -2.84. The van der Waals surface area contributed by atoms with Crippen LogP contribution in [0.2, 0.25) is 0 Å². The molecule has 1 saturated heterocycles. The molecular weight excluding hydrogens is 346 g/mol. The van der Waals surface area contributed by atoms with Gasteiger partial charge in [0, 0.05) is 26.0 Å². The van der Waals surface area contributed by atoms with Gasteiger partial charge in [0.15, 0.2) is 12.7 Å². The van der Waals surface area contributed by atoms with Crippen LogP contribution in [0.15, 0.2) is 30.7 Å². The molecular formula is C17H18F2N4O3. The van der Waals surface area contributed by atoms with Crippen LogP contribution >= 0.6 is 0 Å². The molecule has 3 rings (SSSR count). The molecule has 0 bridgehead atoms. The molecule has 0 N–H and O–H groups in total. The van der Waals surface area contributed by atoms with Crippen molar-refractivity contribution in [2.75, 3.05) is 18.1 Å². The Labute approximate surface area is 149 Å². The van der Waals surface area contributed by atoms with Gasteiger partial charge in [0.25, 0.3) is 11.8 Å². The van der Waals surface area contributed by atoms with Crippen molar-refractivity contribution in [1.82, 2.24) is 15.0 Å². The van der Waals surface area contributed by atoms with Crippen molar-refractivity contribution in [2.45, 2.75) is 32.3 Å². The minimum absolute atomic E-state index is 0.0649. The third kappa shape index (κ3) is 4.41. The highest BCUT2D eigenvalue weighted by molar-refractivity contribution is 5.98. The van der Waals surface area contributed by atoms with Gasteiger partial charge in [-0.3, -0.25) is 4.79 Å². The molecule has 2 aromatic heterocycles. The summed E-state index contributed by atoms with van der Waals surface area (Å²) in [6.45, 7) is 2.27. The number of alkyl halides is 2. The summed E-state index contributed by atoms with van der Waals surface area (Å²) >= 11 is 0. The second-order valence-electron chi connectivity index (χ2n) is 6.06. The van der Waals surface area contributed by atoms with E-state index >= 15 is 0 Å². The molecule has 0 saturated carbocycles. The molecule has 0 radical (unpaired) electrons. The lowest BCUT2D eigenvalue weighted by Crippen LogP contribution is -2.32. The molecule has 9 heteroatoms. The second kappa shape index (κ2) is 7.19. The molecule has 1 aliphatic rings. The number of nitrogens with zero attached hydrogens (tertiary/aromatic N) is 4. The molecule has 0 spiro atoms. The lowest BCUT2D eigenvalue weighted by molar-refractivity contribution is -0.122. The van der Waals surface area contributed by atoms with Gasteiger partial charge in [-0.15, -0.1) is 0 Å². The van der Waals surface area contributed by atoms with Crippen LogP contribution in [0.1, 0.15) is 19.2 Å². The largest absolute Gasteiger partial charge is 0.479 e. The Morgan fingerprint density at radius 2 is 1.96 bits per heavy atom. The van der Waals surface area contributed by atoms with Gasteiger partial charge in [-0.05, 0) is 13.0 Å². The minimum atomic E-state index is -2.93. The molecule has 26 heavy (non-hydrogen) atoms. The molecule has 1 amide bonds. The first-order valence-electron chi connectivity index (χ1n) is 8.05. The fraction of sp³-hybridized carbons (Fsp3) is 0.412. The molecule has 7 nitrogen and oxygen atoms in total. The molecule has 1 unspecified atom stereocenters. The zero-order chi connectivity index (χ0) is 18.7. The maximum atomic E-state index is 12.8. The van der Waals surface area contributed by atoms with E-state index in [1.807, 2.05) is 0 Å². The molecule has 3 heterocycles. The number of rotatable bonds is 6. The van der Waals surface area contributed by atoms with E-state index in [0.717, 1.165) is 6.92 Å². The van der Waals surface area contributed by atoms with Crippen molar-refractivity contribution in [1.29, 1.82) is 0 Å². The fourth-order valence-corrected chi connectivity index (χ4v) is 2.43. The van der Waals surface area contributed by atoms with Gasteiger partial charge in [-0.2, -0.15) is 0 Å². The van der Waals surface area contributed by atoms with Crippen LogP contribution in [-0.2, 0) is 4.79 Å². The first kappa shape index (κ1) is 18.0. The first-order valence-corrected chi connectivity index (χ1v) is 8.05. The summed E-state index contributed by atoms with van der Waals surface area (Å²) in [6.07, 6.45) is 4.39. The van der Waals surface area contributed by atoms with Crippen LogP contribution in [0.25, 0.3) is 0 Å². The SMILES string of the molecule is Cc1ncc(N2CCC(Oc3ccc(OCC(C)(F)F)nc3)C2=O)cn1. The van der Waals surface area contributed by atoms with Crippen LogP contribution in [0, 0.1) is 6.92 Å². The number of carbonyl (C=O) groups is 1. The predicted octanol–water partition coefficient (Wildman–Crippen LogP) is 2.40. The molecule has 0 aliphatic carbocycles.